The van der Waals surface area contributed by atoms with E-state index in [0.29, 0.717) is 18.0 Å². The Kier molecular flexibility index (Phi) is 5.78. The van der Waals surface area contributed by atoms with E-state index in [2.05, 4.69) is 4.98 Å². The van der Waals surface area contributed by atoms with Gasteiger partial charge in [0.15, 0.2) is 0 Å². The van der Waals surface area contributed by atoms with Gasteiger partial charge < -0.3 is 14.7 Å². The van der Waals surface area contributed by atoms with Crippen LogP contribution in [-0.4, -0.2) is 47.1 Å². The van der Waals surface area contributed by atoms with Crippen molar-refractivity contribution in [3.8, 4) is 5.75 Å². The summed E-state index contributed by atoms with van der Waals surface area (Å²) in [5, 5.41) is 8.77. The first kappa shape index (κ1) is 14.9. The number of carboxylic acid groups (broad SMARTS) is 1. The van der Waals surface area contributed by atoms with Crippen molar-refractivity contribution in [2.45, 2.75) is 19.8 Å². The number of rotatable bonds is 7. The molecule has 0 saturated carbocycles. The average molecular weight is 266 g/mol. The highest BCUT2D eigenvalue weighted by molar-refractivity contribution is 5.82. The van der Waals surface area contributed by atoms with Crippen LogP contribution in [0.25, 0.3) is 0 Å². The molecule has 0 aliphatic heterocycles. The number of hydrogen-bond donors (Lipinski definition) is 1. The third kappa shape index (κ3) is 4.95. The van der Waals surface area contributed by atoms with Crippen molar-refractivity contribution < 1.29 is 19.4 Å². The lowest BCUT2D eigenvalue weighted by molar-refractivity contribution is -0.144. The van der Waals surface area contributed by atoms with Crippen LogP contribution in [0.3, 0.4) is 0 Å². The van der Waals surface area contributed by atoms with Gasteiger partial charge in [0, 0.05) is 12.2 Å². The van der Waals surface area contributed by atoms with Crippen molar-refractivity contribution in [3.05, 3.63) is 24.0 Å². The maximum absolute atomic E-state index is 12.0. The summed E-state index contributed by atoms with van der Waals surface area (Å²) in [6.07, 6.45) is 2.34. The monoisotopic (exact) mass is 266 g/mol. The molecule has 6 nitrogen and oxygen atoms in total. The van der Waals surface area contributed by atoms with Gasteiger partial charge in [0.05, 0.1) is 19.7 Å². The number of amides is 1. The van der Waals surface area contributed by atoms with E-state index in [0.717, 1.165) is 6.42 Å². The molecular formula is C13H18N2O4. The number of ether oxygens (including phenoxy) is 1. The first-order chi connectivity index (χ1) is 9.06. The van der Waals surface area contributed by atoms with Gasteiger partial charge >= 0.3 is 5.97 Å². The molecule has 1 aromatic rings. The van der Waals surface area contributed by atoms with Crippen LogP contribution in [0.4, 0.5) is 0 Å². The van der Waals surface area contributed by atoms with Crippen LogP contribution in [0, 0.1) is 0 Å². The number of nitrogens with zero attached hydrogens (tertiary/aromatic N) is 2. The zero-order valence-electron chi connectivity index (χ0n) is 11.1. The first-order valence-electron chi connectivity index (χ1n) is 6.05. The molecule has 104 valence electrons. The maximum Gasteiger partial charge on any atom is 0.323 e. The standard InChI is InChI=1S/C13H18N2O4/c1-3-6-15(9-13(17)18)12(16)7-10-4-5-11(19-2)8-14-10/h4-5,8H,3,6-7,9H2,1-2H3,(H,17,18). The van der Waals surface area contributed by atoms with E-state index < -0.39 is 5.97 Å². The third-order valence-corrected chi connectivity index (χ3v) is 2.54. The summed E-state index contributed by atoms with van der Waals surface area (Å²) in [6.45, 7) is 2.05. The number of aliphatic carboxylic acids is 1. The number of methoxy groups -OCH3 is 1. The highest BCUT2D eigenvalue weighted by Crippen LogP contribution is 2.09. The highest BCUT2D eigenvalue weighted by Gasteiger charge is 2.16. The molecule has 0 aliphatic carbocycles. The normalized spacial score (nSPS) is 10.0. The van der Waals surface area contributed by atoms with Gasteiger partial charge in [-0.15, -0.1) is 0 Å². The van der Waals surface area contributed by atoms with Crippen molar-refractivity contribution in [2.75, 3.05) is 20.2 Å². The second-order valence-electron chi connectivity index (χ2n) is 4.08. The van der Waals surface area contributed by atoms with Gasteiger partial charge in [0.1, 0.15) is 12.3 Å². The molecule has 1 amide bonds. The summed E-state index contributed by atoms with van der Waals surface area (Å²) in [5.41, 5.74) is 0.595. The molecule has 19 heavy (non-hydrogen) atoms. The Morgan fingerprint density at radius 1 is 1.42 bits per heavy atom. The molecule has 0 fully saturated rings. The predicted molar refractivity (Wildman–Crippen MR) is 69.0 cm³/mol. The van der Waals surface area contributed by atoms with Crippen molar-refractivity contribution in [1.82, 2.24) is 9.88 Å². The van der Waals surface area contributed by atoms with E-state index in [9.17, 15) is 9.59 Å². The van der Waals surface area contributed by atoms with Crippen molar-refractivity contribution in [3.63, 3.8) is 0 Å². The summed E-state index contributed by atoms with van der Waals surface area (Å²) in [7, 11) is 1.54. The zero-order valence-corrected chi connectivity index (χ0v) is 11.1. The fourth-order valence-electron chi connectivity index (χ4n) is 1.63. The molecule has 0 unspecified atom stereocenters. The van der Waals surface area contributed by atoms with Crippen molar-refractivity contribution in [1.29, 1.82) is 0 Å². The number of aromatic nitrogens is 1. The number of hydrogen-bond acceptors (Lipinski definition) is 4. The molecule has 0 saturated heterocycles. The van der Waals surface area contributed by atoms with E-state index in [1.165, 1.54) is 18.2 Å². The summed E-state index contributed by atoms with van der Waals surface area (Å²) in [4.78, 5) is 28.1. The van der Waals surface area contributed by atoms with Crippen LogP contribution in [0.2, 0.25) is 0 Å². The van der Waals surface area contributed by atoms with Gasteiger partial charge in [-0.1, -0.05) is 6.92 Å². The molecule has 1 aromatic heterocycles. The number of carbonyl (C=O) groups is 2. The summed E-state index contributed by atoms with van der Waals surface area (Å²) < 4.78 is 4.98. The molecule has 1 rings (SSSR count). The average Bonchev–Trinajstić information content (AvgIpc) is 2.38. The lowest BCUT2D eigenvalue weighted by atomic mass is 10.2. The molecular weight excluding hydrogens is 248 g/mol. The predicted octanol–water partition coefficient (Wildman–Crippen LogP) is 0.956. The quantitative estimate of drug-likeness (QED) is 0.795. The van der Waals surface area contributed by atoms with E-state index in [-0.39, 0.29) is 18.9 Å². The number of carbonyl (C=O) groups excluding carboxylic acids is 1. The Balaban J connectivity index is 2.66. The Bertz CT molecular complexity index is 431. The second-order valence-corrected chi connectivity index (χ2v) is 4.08. The number of pyridine rings is 1. The van der Waals surface area contributed by atoms with Crippen LogP contribution in [0.5, 0.6) is 5.75 Å². The van der Waals surface area contributed by atoms with Crippen LogP contribution in [0.1, 0.15) is 19.0 Å². The summed E-state index contributed by atoms with van der Waals surface area (Å²) >= 11 is 0. The van der Waals surface area contributed by atoms with Crippen LogP contribution in [-0.2, 0) is 16.0 Å². The minimum absolute atomic E-state index is 0.0945. The van der Waals surface area contributed by atoms with Gasteiger partial charge in [0.25, 0.3) is 0 Å². The molecule has 0 radical (unpaired) electrons. The van der Waals surface area contributed by atoms with Crippen molar-refractivity contribution in [2.24, 2.45) is 0 Å². The van der Waals surface area contributed by atoms with E-state index in [1.54, 1.807) is 12.1 Å². The Hall–Kier alpha value is -2.11. The van der Waals surface area contributed by atoms with Gasteiger partial charge in [-0.25, -0.2) is 0 Å². The fraction of sp³-hybridized carbons (Fsp3) is 0.462. The zero-order chi connectivity index (χ0) is 14.3. The van der Waals surface area contributed by atoms with E-state index in [1.807, 2.05) is 6.92 Å². The Morgan fingerprint density at radius 2 is 2.16 bits per heavy atom. The van der Waals surface area contributed by atoms with E-state index in [4.69, 9.17) is 9.84 Å². The molecule has 1 heterocycles. The lowest BCUT2D eigenvalue weighted by Crippen LogP contribution is -2.37. The second kappa shape index (κ2) is 7.35. The lowest BCUT2D eigenvalue weighted by Gasteiger charge is -2.19. The summed E-state index contributed by atoms with van der Waals surface area (Å²) in [6, 6.07) is 3.42. The van der Waals surface area contributed by atoms with Crippen LogP contribution >= 0.6 is 0 Å². The third-order valence-electron chi connectivity index (χ3n) is 2.54. The van der Waals surface area contributed by atoms with Crippen LogP contribution in [0.15, 0.2) is 18.3 Å². The minimum atomic E-state index is -1.01. The largest absolute Gasteiger partial charge is 0.495 e. The van der Waals surface area contributed by atoms with Crippen LogP contribution < -0.4 is 4.74 Å². The molecule has 0 aromatic carbocycles. The highest BCUT2D eigenvalue weighted by atomic mass is 16.5. The minimum Gasteiger partial charge on any atom is -0.495 e. The van der Waals surface area contributed by atoms with Gasteiger partial charge in [-0.2, -0.15) is 0 Å². The molecule has 1 N–H and O–H groups in total. The van der Waals surface area contributed by atoms with Gasteiger partial charge in [-0.3, -0.25) is 14.6 Å². The SMILES string of the molecule is CCCN(CC(=O)O)C(=O)Cc1ccc(OC)cn1. The van der Waals surface area contributed by atoms with Crippen molar-refractivity contribution >= 4 is 11.9 Å². The topological polar surface area (TPSA) is 79.7 Å². The number of carboxylic acids is 1. The molecule has 0 spiro atoms. The van der Waals surface area contributed by atoms with Gasteiger partial charge in [0.2, 0.25) is 5.91 Å². The molecule has 0 aliphatic rings. The van der Waals surface area contributed by atoms with E-state index >= 15 is 0 Å². The maximum atomic E-state index is 12.0. The molecule has 0 bridgehead atoms. The molecule has 0 atom stereocenters. The Morgan fingerprint density at radius 3 is 2.63 bits per heavy atom. The first-order valence-corrected chi connectivity index (χ1v) is 6.05. The summed E-state index contributed by atoms with van der Waals surface area (Å²) in [5.74, 6) is -0.626. The van der Waals surface area contributed by atoms with Gasteiger partial charge in [-0.05, 0) is 18.6 Å². The Labute approximate surface area is 112 Å². The smallest absolute Gasteiger partial charge is 0.323 e. The molecule has 6 heteroatoms. The fourth-order valence-corrected chi connectivity index (χ4v) is 1.63.